The van der Waals surface area contributed by atoms with Crippen molar-refractivity contribution < 1.29 is 22.4 Å². The SMILES string of the molecule is CCCNc1cc(C(F)(F)F)ccc1/C=C/C(=O)NCc1cc(F)c(N)c(C#N)c1. The van der Waals surface area contributed by atoms with E-state index in [0.29, 0.717) is 24.1 Å². The van der Waals surface area contributed by atoms with Crippen LogP contribution in [-0.2, 0) is 17.5 Å². The van der Waals surface area contributed by atoms with Gasteiger partial charge >= 0.3 is 6.18 Å². The van der Waals surface area contributed by atoms with Crippen molar-refractivity contribution in [2.24, 2.45) is 0 Å². The van der Waals surface area contributed by atoms with Gasteiger partial charge in [0.15, 0.2) is 0 Å². The highest BCUT2D eigenvalue weighted by Crippen LogP contribution is 2.32. The van der Waals surface area contributed by atoms with Crippen LogP contribution in [0.1, 0.15) is 35.6 Å². The van der Waals surface area contributed by atoms with Gasteiger partial charge in [0.05, 0.1) is 16.8 Å². The molecule has 0 radical (unpaired) electrons. The number of anilines is 2. The summed E-state index contributed by atoms with van der Waals surface area (Å²) in [5, 5.41) is 14.4. The molecule has 30 heavy (non-hydrogen) atoms. The van der Waals surface area contributed by atoms with E-state index in [1.165, 1.54) is 24.3 Å². The maximum atomic E-state index is 13.7. The topological polar surface area (TPSA) is 90.9 Å². The smallest absolute Gasteiger partial charge is 0.395 e. The van der Waals surface area contributed by atoms with E-state index in [4.69, 9.17) is 11.0 Å². The van der Waals surface area contributed by atoms with Crippen LogP contribution in [0.4, 0.5) is 28.9 Å². The van der Waals surface area contributed by atoms with Crippen molar-refractivity contribution in [2.45, 2.75) is 26.1 Å². The first-order valence-corrected chi connectivity index (χ1v) is 9.04. The standard InChI is InChI=1S/C21H20F4N4O/c1-2-7-28-18-10-16(21(23,24)25)5-3-14(18)4-6-19(30)29-12-13-8-15(11-26)20(27)17(22)9-13/h3-6,8-10,28H,2,7,12,27H2,1H3,(H,29,30)/b6-4+. The fraction of sp³-hybridized carbons (Fsp3) is 0.238. The molecule has 0 aromatic heterocycles. The van der Waals surface area contributed by atoms with Crippen molar-refractivity contribution >= 4 is 23.4 Å². The van der Waals surface area contributed by atoms with E-state index in [1.54, 1.807) is 6.07 Å². The van der Waals surface area contributed by atoms with Crippen molar-refractivity contribution in [1.82, 2.24) is 5.32 Å². The largest absolute Gasteiger partial charge is 0.416 e. The van der Waals surface area contributed by atoms with Gasteiger partial charge in [-0.15, -0.1) is 0 Å². The Labute approximate surface area is 171 Å². The molecular weight excluding hydrogens is 400 g/mol. The molecule has 0 fully saturated rings. The van der Waals surface area contributed by atoms with Crippen molar-refractivity contribution in [3.63, 3.8) is 0 Å². The molecule has 4 N–H and O–H groups in total. The fourth-order valence-corrected chi connectivity index (χ4v) is 2.57. The molecule has 9 heteroatoms. The summed E-state index contributed by atoms with van der Waals surface area (Å²) in [6.45, 7) is 2.29. The summed E-state index contributed by atoms with van der Waals surface area (Å²) in [4.78, 5) is 12.1. The molecular formula is C21H20F4N4O. The lowest BCUT2D eigenvalue weighted by Crippen LogP contribution is -2.20. The van der Waals surface area contributed by atoms with E-state index in [-0.39, 0.29) is 23.5 Å². The number of hydrogen-bond donors (Lipinski definition) is 3. The summed E-state index contributed by atoms with van der Waals surface area (Å²) < 4.78 is 52.5. The van der Waals surface area contributed by atoms with Crippen LogP contribution in [0.15, 0.2) is 36.4 Å². The normalized spacial score (nSPS) is 11.3. The number of nitrogens with zero attached hydrogens (tertiary/aromatic N) is 1. The molecule has 2 rings (SSSR count). The third kappa shape index (κ3) is 5.98. The second-order valence-corrected chi connectivity index (χ2v) is 6.43. The zero-order chi connectivity index (χ0) is 22.3. The fourth-order valence-electron chi connectivity index (χ4n) is 2.57. The Morgan fingerprint density at radius 2 is 2.00 bits per heavy atom. The number of halogens is 4. The molecule has 158 valence electrons. The molecule has 0 unspecified atom stereocenters. The number of carbonyl (C=O) groups excluding carboxylic acids is 1. The Morgan fingerprint density at radius 1 is 1.27 bits per heavy atom. The molecule has 0 aliphatic heterocycles. The van der Waals surface area contributed by atoms with Crippen LogP contribution in [0.25, 0.3) is 6.08 Å². The minimum Gasteiger partial charge on any atom is -0.395 e. The number of benzene rings is 2. The Bertz CT molecular complexity index is 994. The number of rotatable bonds is 7. The zero-order valence-electron chi connectivity index (χ0n) is 16.1. The van der Waals surface area contributed by atoms with Crippen molar-refractivity contribution in [3.8, 4) is 6.07 Å². The van der Waals surface area contributed by atoms with Crippen LogP contribution in [0.2, 0.25) is 0 Å². The quantitative estimate of drug-likeness (QED) is 0.351. The summed E-state index contributed by atoms with van der Waals surface area (Å²) in [6.07, 6.45) is -1.21. The molecule has 1 amide bonds. The number of amides is 1. The summed E-state index contributed by atoms with van der Waals surface area (Å²) in [7, 11) is 0. The average Bonchev–Trinajstić information content (AvgIpc) is 2.70. The van der Waals surface area contributed by atoms with E-state index in [1.807, 2.05) is 6.92 Å². The lowest BCUT2D eigenvalue weighted by atomic mass is 10.1. The lowest BCUT2D eigenvalue weighted by molar-refractivity contribution is -0.137. The molecule has 5 nitrogen and oxygen atoms in total. The molecule has 0 aliphatic carbocycles. The van der Waals surface area contributed by atoms with Crippen LogP contribution in [-0.4, -0.2) is 12.5 Å². The minimum absolute atomic E-state index is 0.0359. The second-order valence-electron chi connectivity index (χ2n) is 6.43. The summed E-state index contributed by atoms with van der Waals surface area (Å²) in [5.74, 6) is -1.29. The summed E-state index contributed by atoms with van der Waals surface area (Å²) >= 11 is 0. The van der Waals surface area contributed by atoms with E-state index < -0.39 is 23.5 Å². The van der Waals surface area contributed by atoms with Gasteiger partial charge in [0.2, 0.25) is 5.91 Å². The Hall–Kier alpha value is -3.54. The first kappa shape index (κ1) is 22.7. The predicted molar refractivity (Wildman–Crippen MR) is 107 cm³/mol. The zero-order valence-corrected chi connectivity index (χ0v) is 16.1. The summed E-state index contributed by atoms with van der Waals surface area (Å²) in [6, 6.07) is 7.46. The average molecular weight is 420 g/mol. The Morgan fingerprint density at radius 3 is 2.63 bits per heavy atom. The van der Waals surface area contributed by atoms with E-state index >= 15 is 0 Å². The van der Waals surface area contributed by atoms with Crippen molar-refractivity contribution in [2.75, 3.05) is 17.6 Å². The molecule has 0 atom stereocenters. The van der Waals surface area contributed by atoms with Crippen molar-refractivity contribution in [1.29, 1.82) is 5.26 Å². The van der Waals surface area contributed by atoms with Crippen LogP contribution in [0, 0.1) is 17.1 Å². The van der Waals surface area contributed by atoms with Crippen molar-refractivity contribution in [3.05, 3.63) is 64.5 Å². The highest BCUT2D eigenvalue weighted by atomic mass is 19.4. The van der Waals surface area contributed by atoms with Gasteiger partial charge in [0.25, 0.3) is 0 Å². The van der Waals surface area contributed by atoms with Gasteiger partial charge in [0.1, 0.15) is 11.9 Å². The number of carbonyl (C=O) groups is 1. The van der Waals surface area contributed by atoms with Gasteiger partial charge in [-0.25, -0.2) is 4.39 Å². The highest BCUT2D eigenvalue weighted by Gasteiger charge is 2.30. The van der Waals surface area contributed by atoms with Crippen LogP contribution in [0.5, 0.6) is 0 Å². The third-order valence-corrected chi connectivity index (χ3v) is 4.14. The number of nitrogen functional groups attached to an aromatic ring is 1. The van der Waals surface area contributed by atoms with Crippen LogP contribution >= 0.6 is 0 Å². The van der Waals surface area contributed by atoms with Gasteiger partial charge in [-0.3, -0.25) is 4.79 Å². The highest BCUT2D eigenvalue weighted by molar-refractivity contribution is 5.92. The van der Waals surface area contributed by atoms with E-state index in [2.05, 4.69) is 10.6 Å². The third-order valence-electron chi connectivity index (χ3n) is 4.14. The first-order chi connectivity index (χ1) is 14.2. The molecule has 0 saturated carbocycles. The maximum absolute atomic E-state index is 13.7. The van der Waals surface area contributed by atoms with Gasteiger partial charge in [-0.1, -0.05) is 13.0 Å². The monoisotopic (exact) mass is 420 g/mol. The molecule has 0 bridgehead atoms. The van der Waals surface area contributed by atoms with E-state index in [0.717, 1.165) is 18.2 Å². The molecule has 2 aromatic carbocycles. The van der Waals surface area contributed by atoms with Gasteiger partial charge in [0, 0.05) is 24.9 Å². The lowest BCUT2D eigenvalue weighted by Gasteiger charge is -2.13. The molecule has 0 saturated heterocycles. The van der Waals surface area contributed by atoms with Gasteiger partial charge in [-0.05, 0) is 47.9 Å². The molecule has 0 aliphatic rings. The first-order valence-electron chi connectivity index (χ1n) is 9.04. The van der Waals surface area contributed by atoms with Crippen LogP contribution in [0.3, 0.4) is 0 Å². The predicted octanol–water partition coefficient (Wildman–Crippen LogP) is 4.45. The number of nitriles is 1. The molecule has 0 spiro atoms. The second kappa shape index (κ2) is 9.78. The Balaban J connectivity index is 2.12. The van der Waals surface area contributed by atoms with Gasteiger partial charge in [-0.2, -0.15) is 18.4 Å². The number of alkyl halides is 3. The van der Waals surface area contributed by atoms with Crippen LogP contribution < -0.4 is 16.4 Å². The van der Waals surface area contributed by atoms with Gasteiger partial charge < -0.3 is 16.4 Å². The number of nitrogens with two attached hydrogens (primary N) is 1. The maximum Gasteiger partial charge on any atom is 0.416 e. The minimum atomic E-state index is -4.47. The number of nitrogens with one attached hydrogen (secondary N) is 2. The van der Waals surface area contributed by atoms with E-state index in [9.17, 15) is 22.4 Å². The molecule has 2 aromatic rings. The Kier molecular flexibility index (Phi) is 7.42. The number of hydrogen-bond acceptors (Lipinski definition) is 4. The molecule has 0 heterocycles. The summed E-state index contributed by atoms with van der Waals surface area (Å²) in [5.41, 5.74) is 5.38.